The fourth-order valence-corrected chi connectivity index (χ4v) is 4.51. The number of amides is 1. The molecule has 0 saturated heterocycles. The molecule has 2 heterocycles. The van der Waals surface area contributed by atoms with Crippen LogP contribution in [0, 0.1) is 18.7 Å². The number of benzene rings is 1. The van der Waals surface area contributed by atoms with Gasteiger partial charge in [0.1, 0.15) is 24.3 Å². The highest BCUT2D eigenvalue weighted by atomic mass is 35.5. The number of halogens is 6. The van der Waals surface area contributed by atoms with Gasteiger partial charge in [0.15, 0.2) is 12.1 Å². The molecule has 1 aliphatic carbocycles. The summed E-state index contributed by atoms with van der Waals surface area (Å²) in [5.41, 5.74) is 3.87. The minimum Gasteiger partial charge on any atom is -0.467 e. The highest BCUT2D eigenvalue weighted by Gasteiger charge is 2.56. The van der Waals surface area contributed by atoms with E-state index in [1.807, 2.05) is 0 Å². The molecule has 1 aliphatic heterocycles. The van der Waals surface area contributed by atoms with Gasteiger partial charge in [-0.15, -0.1) is 0 Å². The Balaban J connectivity index is 1.66. The summed E-state index contributed by atoms with van der Waals surface area (Å²) in [4.78, 5) is 20.4. The number of fused-ring (bicyclic) bond motifs is 1. The minimum atomic E-state index is -4.58. The van der Waals surface area contributed by atoms with Crippen LogP contribution in [0.15, 0.2) is 23.4 Å². The molecule has 2 aliphatic rings. The second kappa shape index (κ2) is 9.72. The Morgan fingerprint density at radius 3 is 2.81 bits per heavy atom. The van der Waals surface area contributed by atoms with Crippen LogP contribution in [0.1, 0.15) is 34.6 Å². The smallest absolute Gasteiger partial charge is 0.467 e. The Kier molecular flexibility index (Phi) is 6.97. The van der Waals surface area contributed by atoms with Crippen LogP contribution >= 0.6 is 11.6 Å². The van der Waals surface area contributed by atoms with E-state index in [1.54, 1.807) is 0 Å². The van der Waals surface area contributed by atoms with E-state index in [4.69, 9.17) is 22.1 Å². The number of hydrazone groups is 1. The lowest BCUT2D eigenvalue weighted by Crippen LogP contribution is -2.45. The summed E-state index contributed by atoms with van der Waals surface area (Å²) >= 11 is 6.26. The number of aromatic nitrogens is 2. The number of ether oxygens (including phenoxy) is 2. The van der Waals surface area contributed by atoms with Gasteiger partial charge in [-0.1, -0.05) is 21.4 Å². The third-order valence-electron chi connectivity index (χ3n) is 6.02. The Morgan fingerprint density at radius 1 is 1.46 bits per heavy atom. The number of rotatable bonds is 7. The van der Waals surface area contributed by atoms with Gasteiger partial charge in [-0.25, -0.2) is 18.7 Å². The van der Waals surface area contributed by atoms with E-state index >= 15 is 0 Å². The zero-order valence-electron chi connectivity index (χ0n) is 19.3. The molecule has 3 atom stereocenters. The molecule has 1 saturated carbocycles. The van der Waals surface area contributed by atoms with Crippen LogP contribution in [0.5, 0.6) is 5.88 Å². The highest BCUT2D eigenvalue weighted by Crippen LogP contribution is 2.49. The minimum absolute atomic E-state index is 0.0443. The first-order valence-electron chi connectivity index (χ1n) is 10.8. The first-order valence-corrected chi connectivity index (χ1v) is 11.2. The van der Waals surface area contributed by atoms with Crippen LogP contribution in [0.3, 0.4) is 0 Å². The number of nitrogens with zero attached hydrogens (tertiary/aromatic N) is 4. The maximum Gasteiger partial charge on any atom is 0.469 e. The predicted molar refractivity (Wildman–Crippen MR) is 122 cm³/mol. The van der Waals surface area contributed by atoms with Gasteiger partial charge in [0.2, 0.25) is 5.88 Å². The summed E-state index contributed by atoms with van der Waals surface area (Å²) in [6.07, 6.45) is -3.22. The number of aryl methyl sites for hydroxylation is 1. The number of carbonyl (C=O) groups excluding carboxylic acids is 1. The number of anilines is 1. The van der Waals surface area contributed by atoms with Gasteiger partial charge >= 0.3 is 12.2 Å². The molecule has 4 rings (SSSR count). The molecule has 0 radical (unpaired) electrons. The second-order valence-corrected chi connectivity index (χ2v) is 9.01. The molecule has 1 aromatic heterocycles. The van der Waals surface area contributed by atoms with Gasteiger partial charge in [-0.2, -0.15) is 13.2 Å². The quantitative estimate of drug-likeness (QED) is 0.310. The lowest BCUT2D eigenvalue weighted by Gasteiger charge is -2.29. The molecule has 1 amide bonds. The molecule has 198 valence electrons. The predicted octanol–water partition coefficient (Wildman–Crippen LogP) is 3.69. The molecule has 3 N–H and O–H groups in total. The van der Waals surface area contributed by atoms with Crippen molar-refractivity contribution in [2.24, 2.45) is 16.8 Å². The molecule has 0 bridgehead atoms. The van der Waals surface area contributed by atoms with Gasteiger partial charge in [0.25, 0.3) is 5.91 Å². The summed E-state index contributed by atoms with van der Waals surface area (Å²) in [6, 6.07) is 1.98. The molecule has 1 fully saturated rings. The first kappa shape index (κ1) is 26.5. The fraction of sp³-hybridized carbons (Fsp3) is 0.409. The number of nitrogens with two attached hydrogens (primary N) is 1. The second-order valence-electron chi connectivity index (χ2n) is 8.63. The Morgan fingerprint density at radius 2 is 2.19 bits per heavy atom. The molecule has 0 spiro atoms. The van der Waals surface area contributed by atoms with Gasteiger partial charge in [0, 0.05) is 30.3 Å². The number of nitrogens with one attached hydrogen (secondary N) is 1. The Hall–Kier alpha value is -3.55. The molecular formula is C22H21ClF5N6O3+. The zero-order valence-corrected chi connectivity index (χ0v) is 20.0. The number of carbonyl (C=O) groups is 1. The summed E-state index contributed by atoms with van der Waals surface area (Å²) in [6.45, 7) is 2.09. The van der Waals surface area contributed by atoms with E-state index in [2.05, 4.69) is 31.8 Å². The van der Waals surface area contributed by atoms with Gasteiger partial charge in [-0.3, -0.25) is 10.5 Å². The van der Waals surface area contributed by atoms with E-state index in [0.29, 0.717) is 6.42 Å². The summed E-state index contributed by atoms with van der Waals surface area (Å²) in [5.74, 6) is -2.34. The monoisotopic (exact) mass is 547 g/mol. The van der Waals surface area contributed by atoms with Crippen molar-refractivity contribution in [1.29, 1.82) is 0 Å². The molecule has 3 unspecified atom stereocenters. The number of hydrogen-bond acceptors (Lipinski definition) is 7. The molecule has 37 heavy (non-hydrogen) atoms. The number of amidine groups is 1. The summed E-state index contributed by atoms with van der Waals surface area (Å²) < 4.78 is 77.9. The summed E-state index contributed by atoms with van der Waals surface area (Å²) in [5, 5.41) is 5.81. The molecule has 15 heteroatoms. The van der Waals surface area contributed by atoms with Crippen LogP contribution in [0.2, 0.25) is 5.02 Å². The van der Waals surface area contributed by atoms with Crippen molar-refractivity contribution >= 4 is 35.9 Å². The van der Waals surface area contributed by atoms with Gasteiger partial charge in [-0.05, 0) is 25.5 Å². The van der Waals surface area contributed by atoms with E-state index < -0.39 is 47.6 Å². The highest BCUT2D eigenvalue weighted by molar-refractivity contribution is 6.31. The summed E-state index contributed by atoms with van der Waals surface area (Å²) in [7, 11) is 0. The maximum absolute atomic E-state index is 14.9. The third-order valence-corrected chi connectivity index (χ3v) is 6.40. The van der Waals surface area contributed by atoms with Crippen LogP contribution in [-0.2, 0) is 10.3 Å². The van der Waals surface area contributed by atoms with E-state index in [1.165, 1.54) is 13.0 Å². The normalized spacial score (nSPS) is 23.0. The Bertz CT molecular complexity index is 1290. The van der Waals surface area contributed by atoms with Crippen LogP contribution in [0.25, 0.3) is 0 Å². The van der Waals surface area contributed by atoms with Gasteiger partial charge in [0.05, 0.1) is 16.9 Å². The van der Waals surface area contributed by atoms with E-state index in [9.17, 15) is 26.7 Å². The van der Waals surface area contributed by atoms with Crippen molar-refractivity contribution in [2.75, 3.05) is 18.6 Å². The van der Waals surface area contributed by atoms with Crippen molar-refractivity contribution in [3.63, 3.8) is 0 Å². The van der Waals surface area contributed by atoms with E-state index in [-0.39, 0.29) is 47.1 Å². The SMILES string of the molecule is C=N[N+]1=C(N)OC2CC2CC1(CF)c1cc(NC(=O)c2ncc(OCC(F)(F)F)nc2C)cc(F)c1Cl. The fourth-order valence-electron chi connectivity index (χ4n) is 4.23. The lowest BCUT2D eigenvalue weighted by atomic mass is 9.85. The molecule has 9 nitrogen and oxygen atoms in total. The zero-order chi connectivity index (χ0) is 27.1. The van der Waals surface area contributed by atoms with Gasteiger partial charge < -0.3 is 14.8 Å². The molecular weight excluding hydrogens is 527 g/mol. The third kappa shape index (κ3) is 5.29. The van der Waals surface area contributed by atoms with Crippen molar-refractivity contribution < 1.29 is 40.9 Å². The largest absolute Gasteiger partial charge is 0.469 e. The van der Waals surface area contributed by atoms with E-state index in [0.717, 1.165) is 16.9 Å². The molecule has 1 aromatic carbocycles. The average molecular weight is 548 g/mol. The number of alkyl halides is 4. The first-order chi connectivity index (χ1) is 17.4. The van der Waals surface area contributed by atoms with Crippen molar-refractivity contribution in [3.8, 4) is 5.88 Å². The average Bonchev–Trinajstić information content (AvgIpc) is 3.56. The van der Waals surface area contributed by atoms with Crippen LogP contribution in [0.4, 0.5) is 27.6 Å². The van der Waals surface area contributed by atoms with Crippen LogP contribution < -0.4 is 15.8 Å². The Labute approximate surface area is 212 Å². The standard InChI is InChI=1S/C22H20ClF5N6O3/c1-10-18(31-7-16(32-10)36-9-22(26,27)28)19(35)33-12-4-13(17(23)14(25)5-12)21(8-24)6-11-3-15(11)37-20(29)34(21)30-2/h4-5,7,11,15,29H,2-3,6,8-9H2,1H3,(H,33,35)/p+1. The number of hydrogen-bond donors (Lipinski definition) is 2. The van der Waals surface area contributed by atoms with Crippen molar-refractivity contribution in [1.82, 2.24) is 9.97 Å². The topological polar surface area (TPSA) is 115 Å². The lowest BCUT2D eigenvalue weighted by molar-refractivity contribution is -0.631. The van der Waals surface area contributed by atoms with Crippen LogP contribution in [-0.4, -0.2) is 58.9 Å². The molecule has 2 aromatic rings. The van der Waals surface area contributed by atoms with Crippen molar-refractivity contribution in [2.45, 2.75) is 37.6 Å². The maximum atomic E-state index is 14.9. The van der Waals surface area contributed by atoms with Crippen molar-refractivity contribution in [3.05, 3.63) is 46.1 Å².